The lowest BCUT2D eigenvalue weighted by Crippen LogP contribution is -2.64. The highest BCUT2D eigenvalue weighted by Gasteiger charge is 2.48. The summed E-state index contributed by atoms with van der Waals surface area (Å²) in [5.74, 6) is -1.03. The molecule has 2 N–H and O–H groups in total. The molecule has 0 bridgehead atoms. The van der Waals surface area contributed by atoms with Gasteiger partial charge >= 0.3 is 0 Å². The molecule has 1 aliphatic heterocycles. The van der Waals surface area contributed by atoms with E-state index in [1.54, 1.807) is 16.4 Å². The molecule has 0 unspecified atom stereocenters. The maximum Gasteiger partial charge on any atom is 0.273 e. The molecule has 35 heavy (non-hydrogen) atoms. The van der Waals surface area contributed by atoms with Crippen LogP contribution in [0.15, 0.2) is 60.9 Å². The molecule has 182 valence electrons. The monoisotopic (exact) mass is 473 g/mol. The van der Waals surface area contributed by atoms with Gasteiger partial charge in [-0.3, -0.25) is 14.4 Å². The van der Waals surface area contributed by atoms with E-state index < -0.39 is 11.4 Å². The van der Waals surface area contributed by atoms with Gasteiger partial charge in [0, 0.05) is 19.6 Å². The second kappa shape index (κ2) is 10.1. The molecule has 0 saturated heterocycles. The molecule has 3 amide bonds. The summed E-state index contributed by atoms with van der Waals surface area (Å²) in [5.41, 5.74) is 2.26. The van der Waals surface area contributed by atoms with Crippen LogP contribution in [0, 0.1) is 6.92 Å². The Morgan fingerprint density at radius 3 is 2.34 bits per heavy atom. The van der Waals surface area contributed by atoms with Crippen molar-refractivity contribution in [3.63, 3.8) is 0 Å². The number of carbonyl (C=O) groups excluding carboxylic acids is 3. The molecule has 2 heterocycles. The first kappa shape index (κ1) is 24.2. The van der Waals surface area contributed by atoms with Crippen LogP contribution in [0.4, 0.5) is 0 Å². The largest absolute Gasteiger partial charge is 0.350 e. The molecule has 0 aliphatic carbocycles. The lowest BCUT2D eigenvalue weighted by atomic mass is 9.94. The Hall–Kier alpha value is -3.94. The van der Waals surface area contributed by atoms with Gasteiger partial charge in [-0.25, -0.2) is 4.98 Å². The van der Waals surface area contributed by atoms with Crippen LogP contribution in [-0.2, 0) is 24.4 Å². The number of carbonyl (C=O) groups is 3. The number of fused-ring (bicyclic) bond motifs is 1. The molecule has 0 fully saturated rings. The Balaban J connectivity index is 1.54. The van der Waals surface area contributed by atoms with E-state index in [1.165, 1.54) is 6.33 Å². The maximum absolute atomic E-state index is 13.6. The van der Waals surface area contributed by atoms with Gasteiger partial charge in [0.25, 0.3) is 11.8 Å². The number of hydrogen-bond donors (Lipinski definition) is 2. The number of amides is 3. The molecular formula is C27H31N5O3. The van der Waals surface area contributed by atoms with Crippen LogP contribution in [0.2, 0.25) is 0 Å². The van der Waals surface area contributed by atoms with Gasteiger partial charge in [0.15, 0.2) is 5.69 Å². The topological polar surface area (TPSA) is 96.3 Å². The molecular weight excluding hydrogens is 442 g/mol. The van der Waals surface area contributed by atoms with E-state index in [1.807, 2.05) is 68.4 Å². The highest BCUT2D eigenvalue weighted by molar-refractivity contribution is 6.07. The fourth-order valence-corrected chi connectivity index (χ4v) is 4.37. The van der Waals surface area contributed by atoms with Crippen molar-refractivity contribution in [2.45, 2.75) is 52.4 Å². The summed E-state index contributed by atoms with van der Waals surface area (Å²) < 4.78 is 1.62. The Kier molecular flexibility index (Phi) is 7.00. The van der Waals surface area contributed by atoms with E-state index in [0.29, 0.717) is 26.1 Å². The second-order valence-corrected chi connectivity index (χ2v) is 9.14. The Morgan fingerprint density at radius 1 is 1.00 bits per heavy atom. The van der Waals surface area contributed by atoms with Gasteiger partial charge in [0.1, 0.15) is 11.2 Å². The highest BCUT2D eigenvalue weighted by Crippen LogP contribution is 2.29. The average molecular weight is 474 g/mol. The maximum atomic E-state index is 13.6. The number of nitrogens with one attached hydrogen (secondary N) is 2. The molecule has 1 atom stereocenters. The van der Waals surface area contributed by atoms with Crippen molar-refractivity contribution in [2.24, 2.45) is 0 Å². The molecule has 8 nitrogen and oxygen atoms in total. The first-order chi connectivity index (χ1) is 16.8. The summed E-state index contributed by atoms with van der Waals surface area (Å²) in [5, 5.41) is 5.83. The minimum atomic E-state index is -1.11. The molecule has 4 rings (SSSR count). The lowest BCUT2D eigenvalue weighted by molar-refractivity contribution is -0.133. The van der Waals surface area contributed by atoms with E-state index >= 15 is 0 Å². The summed E-state index contributed by atoms with van der Waals surface area (Å²) in [6.45, 7) is 7.03. The predicted molar refractivity (Wildman–Crippen MR) is 133 cm³/mol. The summed E-state index contributed by atoms with van der Waals surface area (Å²) in [6, 6.07) is 17.5. The van der Waals surface area contributed by atoms with Gasteiger partial charge in [0.05, 0.1) is 12.9 Å². The third-order valence-corrected chi connectivity index (χ3v) is 6.38. The number of aryl methyl sites for hydroxylation is 1. The fourth-order valence-electron chi connectivity index (χ4n) is 4.37. The third-order valence-electron chi connectivity index (χ3n) is 6.38. The molecule has 0 saturated carbocycles. The normalized spacial score (nSPS) is 17.1. The number of aromatic nitrogens is 2. The van der Waals surface area contributed by atoms with E-state index in [-0.39, 0.29) is 29.7 Å². The van der Waals surface area contributed by atoms with Gasteiger partial charge in [-0.15, -0.1) is 0 Å². The number of benzene rings is 2. The minimum absolute atomic E-state index is 0.0787. The van der Waals surface area contributed by atoms with Gasteiger partial charge in [0.2, 0.25) is 5.91 Å². The molecule has 1 aromatic heterocycles. The van der Waals surface area contributed by atoms with Crippen molar-refractivity contribution >= 4 is 17.7 Å². The first-order valence-electron chi connectivity index (χ1n) is 11.9. The first-order valence-corrected chi connectivity index (χ1v) is 11.9. The third kappa shape index (κ3) is 4.96. The van der Waals surface area contributed by atoms with Crippen molar-refractivity contribution in [3.05, 3.63) is 89.0 Å². The second-order valence-electron chi connectivity index (χ2n) is 9.14. The lowest BCUT2D eigenvalue weighted by Gasteiger charge is -2.43. The smallest absolute Gasteiger partial charge is 0.273 e. The Bertz CT molecular complexity index is 1220. The number of hydrogen-bond acceptors (Lipinski definition) is 4. The average Bonchev–Trinajstić information content (AvgIpc) is 3.29. The Morgan fingerprint density at radius 2 is 1.66 bits per heavy atom. The van der Waals surface area contributed by atoms with Gasteiger partial charge in [-0.05, 0) is 31.4 Å². The van der Waals surface area contributed by atoms with Crippen molar-refractivity contribution in [3.8, 4) is 0 Å². The van der Waals surface area contributed by atoms with E-state index in [4.69, 9.17) is 0 Å². The van der Waals surface area contributed by atoms with E-state index in [2.05, 4.69) is 15.6 Å². The fraction of sp³-hybridized carbons (Fsp3) is 0.333. The summed E-state index contributed by atoms with van der Waals surface area (Å²) in [6.07, 6.45) is 2.15. The zero-order chi connectivity index (χ0) is 25.0. The van der Waals surface area contributed by atoms with Crippen LogP contribution in [0.5, 0.6) is 0 Å². The van der Waals surface area contributed by atoms with Gasteiger partial charge in [-0.1, -0.05) is 67.1 Å². The quantitative estimate of drug-likeness (QED) is 0.526. The molecule has 3 aromatic rings. The Labute approximate surface area is 205 Å². The van der Waals surface area contributed by atoms with Crippen LogP contribution in [0.1, 0.15) is 57.9 Å². The summed E-state index contributed by atoms with van der Waals surface area (Å²) in [7, 11) is 0. The van der Waals surface area contributed by atoms with Gasteiger partial charge < -0.3 is 20.1 Å². The number of rotatable bonds is 8. The van der Waals surface area contributed by atoms with Crippen LogP contribution in [0.3, 0.4) is 0 Å². The van der Waals surface area contributed by atoms with Crippen molar-refractivity contribution in [1.82, 2.24) is 25.1 Å². The predicted octanol–water partition coefficient (Wildman–Crippen LogP) is 3.06. The zero-order valence-corrected chi connectivity index (χ0v) is 20.4. The highest BCUT2D eigenvalue weighted by atomic mass is 16.2. The van der Waals surface area contributed by atoms with E-state index in [0.717, 1.165) is 16.7 Å². The molecule has 0 radical (unpaired) electrons. The SMILES string of the molecule is CCCN1C(=O)c2c(C(=O)NCc3ccc(C)cc3)ncn2C[C@@]1(C)C(=O)NCc1ccccc1. The van der Waals surface area contributed by atoms with Crippen LogP contribution in [-0.4, -0.2) is 44.3 Å². The van der Waals surface area contributed by atoms with Crippen LogP contribution in [0.25, 0.3) is 0 Å². The standard InChI is InChI=1S/C27H31N5O3/c1-4-14-32-25(34)23-22(24(33)28-15-21-12-10-19(2)11-13-21)30-18-31(23)17-27(32,3)26(35)29-16-20-8-6-5-7-9-20/h5-13,18H,4,14-17H2,1-3H3,(H,28,33)(H,29,35)/t27-/m0/s1. The number of imidazole rings is 1. The van der Waals surface area contributed by atoms with Crippen LogP contribution >= 0.6 is 0 Å². The summed E-state index contributed by atoms with van der Waals surface area (Å²) in [4.78, 5) is 45.7. The van der Waals surface area contributed by atoms with Crippen molar-refractivity contribution in [2.75, 3.05) is 6.54 Å². The summed E-state index contributed by atoms with van der Waals surface area (Å²) >= 11 is 0. The van der Waals surface area contributed by atoms with Crippen LogP contribution < -0.4 is 10.6 Å². The van der Waals surface area contributed by atoms with Gasteiger partial charge in [-0.2, -0.15) is 0 Å². The molecule has 0 spiro atoms. The molecule has 1 aliphatic rings. The minimum Gasteiger partial charge on any atom is -0.350 e. The molecule has 2 aromatic carbocycles. The number of nitrogens with zero attached hydrogens (tertiary/aromatic N) is 3. The molecule has 8 heteroatoms. The van der Waals surface area contributed by atoms with Crippen molar-refractivity contribution in [1.29, 1.82) is 0 Å². The van der Waals surface area contributed by atoms with Crippen molar-refractivity contribution < 1.29 is 14.4 Å². The van der Waals surface area contributed by atoms with E-state index in [9.17, 15) is 14.4 Å². The zero-order valence-electron chi connectivity index (χ0n) is 20.4.